The maximum atomic E-state index is 10.6. The van der Waals surface area contributed by atoms with E-state index in [4.69, 9.17) is 11.6 Å². The molecular weight excluding hydrogens is 382 g/mol. The van der Waals surface area contributed by atoms with Crippen LogP contribution in [-0.2, 0) is 4.79 Å². The molecule has 0 bridgehead atoms. The van der Waals surface area contributed by atoms with Crippen molar-refractivity contribution in [2.45, 2.75) is 26.3 Å². The van der Waals surface area contributed by atoms with Crippen molar-refractivity contribution >= 4 is 40.3 Å². The van der Waals surface area contributed by atoms with Gasteiger partial charge >= 0.3 is 0 Å². The summed E-state index contributed by atoms with van der Waals surface area (Å²) in [5, 5.41) is 7.85. The number of halogens is 1. The predicted octanol–water partition coefficient (Wildman–Crippen LogP) is 4.74. The lowest BCUT2D eigenvalue weighted by molar-refractivity contribution is -0.107. The van der Waals surface area contributed by atoms with Crippen molar-refractivity contribution in [2.75, 3.05) is 17.2 Å². The van der Waals surface area contributed by atoms with E-state index in [0.717, 1.165) is 27.6 Å². The predicted molar refractivity (Wildman–Crippen MR) is 112 cm³/mol. The van der Waals surface area contributed by atoms with Crippen molar-refractivity contribution in [1.82, 2.24) is 15.0 Å². The van der Waals surface area contributed by atoms with Gasteiger partial charge in [0.15, 0.2) is 5.13 Å². The van der Waals surface area contributed by atoms with Gasteiger partial charge in [-0.3, -0.25) is 0 Å². The molecule has 3 aromatic rings. The van der Waals surface area contributed by atoms with Crippen molar-refractivity contribution in [1.29, 1.82) is 0 Å². The Morgan fingerprint density at radius 2 is 2.00 bits per heavy atom. The normalized spacial score (nSPS) is 10.8. The van der Waals surface area contributed by atoms with Crippen LogP contribution in [0.15, 0.2) is 36.5 Å². The fraction of sp³-hybridized carbons (Fsp3) is 0.263. The van der Waals surface area contributed by atoms with Gasteiger partial charge in [-0.05, 0) is 26.0 Å². The average Bonchev–Trinajstić information content (AvgIpc) is 3.10. The minimum absolute atomic E-state index is 0.300. The second kappa shape index (κ2) is 8.92. The molecule has 6 nitrogen and oxygen atoms in total. The van der Waals surface area contributed by atoms with Crippen molar-refractivity contribution in [3.05, 3.63) is 41.6 Å². The molecule has 27 heavy (non-hydrogen) atoms. The molecule has 0 radical (unpaired) electrons. The first kappa shape index (κ1) is 19.3. The van der Waals surface area contributed by atoms with Crippen LogP contribution in [0.4, 0.5) is 11.1 Å². The molecule has 0 spiro atoms. The molecule has 8 heteroatoms. The number of carbonyl (C=O) groups excluding carboxylic acids is 1. The lowest BCUT2D eigenvalue weighted by Crippen LogP contribution is -2.08. The topological polar surface area (TPSA) is 79.8 Å². The molecule has 1 aromatic carbocycles. The quantitative estimate of drug-likeness (QED) is 0.419. The summed E-state index contributed by atoms with van der Waals surface area (Å²) in [5.74, 6) is 0.455. The van der Waals surface area contributed by atoms with Gasteiger partial charge in [0.1, 0.15) is 6.29 Å². The first-order chi connectivity index (χ1) is 13.1. The largest absolute Gasteiger partial charge is 0.359 e. The van der Waals surface area contributed by atoms with Gasteiger partial charge in [0.25, 0.3) is 0 Å². The van der Waals surface area contributed by atoms with Crippen LogP contribution in [-0.4, -0.2) is 33.8 Å². The molecule has 0 fully saturated rings. The fourth-order valence-electron chi connectivity index (χ4n) is 2.41. The standard InChI is InChI=1S/C19H20ClN5OS/c1-12(2)23-19-22-11-17(27-19)16-10-15(13-6-3-4-7-14(13)20)24-18(25-16)21-8-5-9-26/h3-4,6-7,9-12H,5,8H2,1-2H3,(H,22,23)(H,21,24,25). The molecule has 2 N–H and O–H groups in total. The number of rotatable bonds is 8. The zero-order valence-electron chi connectivity index (χ0n) is 15.1. The summed E-state index contributed by atoms with van der Waals surface area (Å²) in [5.41, 5.74) is 2.29. The molecule has 2 aromatic heterocycles. The Balaban J connectivity index is 2.00. The SMILES string of the molecule is CC(C)Nc1ncc(-c2cc(-c3ccccc3Cl)nc(NCCC=O)n2)s1. The third-order valence-electron chi connectivity index (χ3n) is 3.59. The summed E-state index contributed by atoms with van der Waals surface area (Å²) in [6, 6.07) is 9.74. The number of aromatic nitrogens is 3. The van der Waals surface area contributed by atoms with Gasteiger partial charge in [0, 0.05) is 35.8 Å². The highest BCUT2D eigenvalue weighted by molar-refractivity contribution is 7.18. The van der Waals surface area contributed by atoms with Crippen molar-refractivity contribution in [3.8, 4) is 21.8 Å². The lowest BCUT2D eigenvalue weighted by Gasteiger charge is -2.09. The molecule has 0 saturated heterocycles. The molecule has 0 saturated carbocycles. The van der Waals surface area contributed by atoms with Crippen LogP contribution in [0.25, 0.3) is 21.8 Å². The van der Waals surface area contributed by atoms with Gasteiger partial charge in [-0.15, -0.1) is 0 Å². The van der Waals surface area contributed by atoms with Crippen molar-refractivity contribution < 1.29 is 4.79 Å². The number of benzene rings is 1. The van der Waals surface area contributed by atoms with E-state index in [1.54, 1.807) is 6.20 Å². The highest BCUT2D eigenvalue weighted by Crippen LogP contribution is 2.33. The first-order valence-corrected chi connectivity index (χ1v) is 9.80. The number of hydrogen-bond donors (Lipinski definition) is 2. The zero-order chi connectivity index (χ0) is 19.2. The van der Waals surface area contributed by atoms with Gasteiger partial charge in [-0.1, -0.05) is 41.1 Å². The summed E-state index contributed by atoms with van der Waals surface area (Å²) in [7, 11) is 0. The molecule has 0 atom stereocenters. The Bertz CT molecular complexity index is 928. The number of aldehydes is 1. The molecule has 0 aliphatic heterocycles. The van der Waals surface area contributed by atoms with Gasteiger partial charge < -0.3 is 15.4 Å². The molecule has 0 aliphatic carbocycles. The van der Waals surface area contributed by atoms with Crippen LogP contribution in [0.3, 0.4) is 0 Å². The fourth-order valence-corrected chi connectivity index (χ4v) is 3.56. The Kier molecular flexibility index (Phi) is 6.36. The maximum absolute atomic E-state index is 10.6. The molecular formula is C19H20ClN5OS. The maximum Gasteiger partial charge on any atom is 0.223 e. The van der Waals surface area contributed by atoms with Crippen LogP contribution in [0.1, 0.15) is 20.3 Å². The lowest BCUT2D eigenvalue weighted by atomic mass is 10.1. The highest BCUT2D eigenvalue weighted by atomic mass is 35.5. The Labute approximate surface area is 167 Å². The number of hydrogen-bond acceptors (Lipinski definition) is 7. The Morgan fingerprint density at radius 1 is 1.22 bits per heavy atom. The summed E-state index contributed by atoms with van der Waals surface area (Å²) in [6.07, 6.45) is 3.04. The van der Waals surface area contributed by atoms with E-state index in [9.17, 15) is 4.79 Å². The van der Waals surface area contributed by atoms with E-state index in [2.05, 4.69) is 39.4 Å². The van der Waals surface area contributed by atoms with E-state index in [1.807, 2.05) is 30.3 Å². The van der Waals surface area contributed by atoms with Crippen molar-refractivity contribution in [3.63, 3.8) is 0 Å². The van der Waals surface area contributed by atoms with Crippen LogP contribution >= 0.6 is 22.9 Å². The molecule has 140 valence electrons. The summed E-state index contributed by atoms with van der Waals surface area (Å²) >= 11 is 7.88. The Hall–Kier alpha value is -2.51. The second-order valence-corrected chi connectivity index (χ2v) is 7.59. The third kappa shape index (κ3) is 5.02. The number of nitrogens with zero attached hydrogens (tertiary/aromatic N) is 3. The minimum atomic E-state index is 0.300. The molecule has 3 rings (SSSR count). The number of thiazole rings is 1. The molecule has 0 amide bonds. The number of anilines is 2. The summed E-state index contributed by atoms with van der Waals surface area (Å²) in [4.78, 5) is 25.1. The Morgan fingerprint density at radius 3 is 2.74 bits per heavy atom. The van der Waals surface area contributed by atoms with Gasteiger partial charge in [-0.2, -0.15) is 0 Å². The van der Waals surface area contributed by atoms with Gasteiger partial charge in [-0.25, -0.2) is 15.0 Å². The molecule has 0 aliphatic rings. The first-order valence-electron chi connectivity index (χ1n) is 8.61. The molecule has 0 unspecified atom stereocenters. The van der Waals surface area contributed by atoms with Crippen LogP contribution in [0.2, 0.25) is 5.02 Å². The smallest absolute Gasteiger partial charge is 0.223 e. The summed E-state index contributed by atoms with van der Waals surface area (Å²) < 4.78 is 0. The minimum Gasteiger partial charge on any atom is -0.359 e. The van der Waals surface area contributed by atoms with Crippen molar-refractivity contribution in [2.24, 2.45) is 0 Å². The average molecular weight is 402 g/mol. The number of nitrogens with one attached hydrogen (secondary N) is 2. The van der Waals surface area contributed by atoms with E-state index in [0.29, 0.717) is 35.7 Å². The highest BCUT2D eigenvalue weighted by Gasteiger charge is 2.13. The molecule has 2 heterocycles. The van der Waals surface area contributed by atoms with E-state index < -0.39 is 0 Å². The second-order valence-electron chi connectivity index (χ2n) is 6.15. The third-order valence-corrected chi connectivity index (χ3v) is 4.87. The van der Waals surface area contributed by atoms with Crippen LogP contribution < -0.4 is 10.6 Å². The van der Waals surface area contributed by atoms with Crippen LogP contribution in [0, 0.1) is 0 Å². The van der Waals surface area contributed by atoms with E-state index in [1.165, 1.54) is 11.3 Å². The number of carbonyl (C=O) groups is 1. The van der Waals surface area contributed by atoms with E-state index in [-0.39, 0.29) is 0 Å². The van der Waals surface area contributed by atoms with Gasteiger partial charge in [0.05, 0.1) is 16.3 Å². The summed E-state index contributed by atoms with van der Waals surface area (Å²) in [6.45, 7) is 4.60. The zero-order valence-corrected chi connectivity index (χ0v) is 16.6. The van der Waals surface area contributed by atoms with Crippen LogP contribution in [0.5, 0.6) is 0 Å². The van der Waals surface area contributed by atoms with Gasteiger partial charge in [0.2, 0.25) is 5.95 Å². The van der Waals surface area contributed by atoms with E-state index >= 15 is 0 Å². The monoisotopic (exact) mass is 401 g/mol.